The van der Waals surface area contributed by atoms with Gasteiger partial charge < -0.3 is 24.8 Å². The molecular formula is C20H30N4O3. The Hall–Kier alpha value is -2.12. The molecule has 2 aliphatic rings. The largest absolute Gasteiger partial charge is 0.369 e. The minimum Gasteiger partial charge on any atom is -0.369 e. The van der Waals surface area contributed by atoms with E-state index in [0.29, 0.717) is 19.7 Å². The van der Waals surface area contributed by atoms with E-state index in [1.165, 1.54) is 5.69 Å². The number of nitrogens with one attached hydrogen (secondary N) is 1. The minimum atomic E-state index is -0.335. The Morgan fingerprint density at radius 3 is 2.48 bits per heavy atom. The Labute approximate surface area is 161 Å². The molecule has 148 valence electrons. The number of ether oxygens (including phenoxy) is 1. The maximum absolute atomic E-state index is 12.1. The first kappa shape index (κ1) is 19.6. The molecule has 0 spiro atoms. The zero-order chi connectivity index (χ0) is 19.2. The first-order valence-electron chi connectivity index (χ1n) is 9.75. The highest BCUT2D eigenvalue weighted by atomic mass is 16.5. The number of carbonyl (C=O) groups is 2. The molecule has 0 aliphatic carbocycles. The molecule has 7 nitrogen and oxygen atoms in total. The number of likely N-dealkylation sites (N-methyl/N-ethyl adjacent to an activating group) is 1. The second-order valence-corrected chi connectivity index (χ2v) is 7.27. The number of piperazine rings is 1. The lowest BCUT2D eigenvalue weighted by Crippen LogP contribution is -2.44. The molecule has 1 aromatic carbocycles. The topological polar surface area (TPSA) is 65.1 Å². The van der Waals surface area contributed by atoms with E-state index in [2.05, 4.69) is 34.3 Å². The van der Waals surface area contributed by atoms with Gasteiger partial charge in [-0.25, -0.2) is 0 Å². The van der Waals surface area contributed by atoms with Crippen molar-refractivity contribution in [2.45, 2.75) is 25.9 Å². The number of hydrogen-bond acceptors (Lipinski definition) is 5. The summed E-state index contributed by atoms with van der Waals surface area (Å²) in [4.78, 5) is 30.5. The monoisotopic (exact) mass is 374 g/mol. The summed E-state index contributed by atoms with van der Waals surface area (Å²) in [6.07, 6.45) is 1.37. The summed E-state index contributed by atoms with van der Waals surface area (Å²) in [6.45, 7) is 7.22. The molecule has 3 rings (SSSR count). The summed E-state index contributed by atoms with van der Waals surface area (Å²) in [5.41, 5.74) is 2.04. The number of anilines is 2. The lowest BCUT2D eigenvalue weighted by molar-refractivity contribution is -0.130. The van der Waals surface area contributed by atoms with Gasteiger partial charge in [-0.1, -0.05) is 0 Å². The smallest absolute Gasteiger partial charge is 0.249 e. The van der Waals surface area contributed by atoms with Gasteiger partial charge >= 0.3 is 0 Å². The molecule has 1 N–H and O–H groups in total. The number of hydrogen-bond donors (Lipinski definition) is 1. The van der Waals surface area contributed by atoms with Crippen LogP contribution in [0.15, 0.2) is 24.3 Å². The molecule has 2 amide bonds. The van der Waals surface area contributed by atoms with Crippen molar-refractivity contribution < 1.29 is 14.3 Å². The third-order valence-corrected chi connectivity index (χ3v) is 5.27. The van der Waals surface area contributed by atoms with Crippen LogP contribution in [0.5, 0.6) is 0 Å². The van der Waals surface area contributed by atoms with Crippen molar-refractivity contribution in [1.82, 2.24) is 10.2 Å². The standard InChI is InChI=1S/C20H30N4O3/c1-16(25)24(10-9-21-20(26)19-4-3-15-27-19)18-7-5-17(6-8-18)23-13-11-22(2)12-14-23/h5-8,19H,3-4,9-15H2,1-2H3,(H,21,26). The van der Waals surface area contributed by atoms with Gasteiger partial charge in [-0.2, -0.15) is 0 Å². The quantitative estimate of drug-likeness (QED) is 0.807. The maximum atomic E-state index is 12.1. The van der Waals surface area contributed by atoms with Crippen LogP contribution in [0.3, 0.4) is 0 Å². The Balaban J connectivity index is 1.54. The predicted molar refractivity (Wildman–Crippen MR) is 106 cm³/mol. The Morgan fingerprint density at radius 1 is 1.19 bits per heavy atom. The summed E-state index contributed by atoms with van der Waals surface area (Å²) in [6, 6.07) is 8.11. The lowest BCUT2D eigenvalue weighted by atomic mass is 10.2. The molecule has 0 saturated carbocycles. The molecule has 2 heterocycles. The highest BCUT2D eigenvalue weighted by Gasteiger charge is 2.23. The molecule has 1 unspecified atom stereocenters. The van der Waals surface area contributed by atoms with Crippen molar-refractivity contribution in [3.63, 3.8) is 0 Å². The fourth-order valence-electron chi connectivity index (χ4n) is 3.57. The highest BCUT2D eigenvalue weighted by Crippen LogP contribution is 2.22. The number of benzene rings is 1. The van der Waals surface area contributed by atoms with E-state index in [1.807, 2.05) is 12.1 Å². The number of carbonyl (C=O) groups excluding carboxylic acids is 2. The summed E-state index contributed by atoms with van der Waals surface area (Å²) < 4.78 is 5.38. The predicted octanol–water partition coefficient (Wildman–Crippen LogP) is 1.09. The van der Waals surface area contributed by atoms with Crippen molar-refractivity contribution in [2.75, 3.05) is 62.7 Å². The van der Waals surface area contributed by atoms with Crippen molar-refractivity contribution in [3.05, 3.63) is 24.3 Å². The second kappa shape index (κ2) is 9.19. The Morgan fingerprint density at radius 2 is 1.89 bits per heavy atom. The van der Waals surface area contributed by atoms with Crippen LogP contribution in [0.25, 0.3) is 0 Å². The maximum Gasteiger partial charge on any atom is 0.249 e. The summed E-state index contributed by atoms with van der Waals surface area (Å²) in [5.74, 6) is -0.116. The molecule has 7 heteroatoms. The van der Waals surface area contributed by atoms with Crippen LogP contribution in [-0.2, 0) is 14.3 Å². The van der Waals surface area contributed by atoms with Crippen LogP contribution in [0, 0.1) is 0 Å². The third kappa shape index (κ3) is 5.20. The van der Waals surface area contributed by atoms with Crippen LogP contribution in [0.4, 0.5) is 11.4 Å². The average Bonchev–Trinajstić information content (AvgIpc) is 3.21. The van der Waals surface area contributed by atoms with E-state index in [1.54, 1.807) is 11.8 Å². The van der Waals surface area contributed by atoms with Crippen LogP contribution in [0.1, 0.15) is 19.8 Å². The van der Waals surface area contributed by atoms with Gasteiger partial charge in [0, 0.05) is 64.2 Å². The first-order valence-corrected chi connectivity index (χ1v) is 9.75. The van der Waals surface area contributed by atoms with Crippen molar-refractivity contribution >= 4 is 23.2 Å². The molecule has 2 saturated heterocycles. The minimum absolute atomic E-state index is 0.0336. The second-order valence-electron chi connectivity index (χ2n) is 7.27. The van der Waals surface area contributed by atoms with E-state index in [-0.39, 0.29) is 17.9 Å². The molecular weight excluding hydrogens is 344 g/mol. The molecule has 0 aromatic heterocycles. The zero-order valence-electron chi connectivity index (χ0n) is 16.3. The van der Waals surface area contributed by atoms with Crippen molar-refractivity contribution in [1.29, 1.82) is 0 Å². The fourth-order valence-corrected chi connectivity index (χ4v) is 3.57. The van der Waals surface area contributed by atoms with E-state index in [9.17, 15) is 9.59 Å². The van der Waals surface area contributed by atoms with Crippen LogP contribution in [-0.4, -0.2) is 75.7 Å². The van der Waals surface area contributed by atoms with Gasteiger partial charge in [0.1, 0.15) is 6.10 Å². The molecule has 1 aromatic rings. The van der Waals surface area contributed by atoms with Gasteiger partial charge in [-0.3, -0.25) is 9.59 Å². The van der Waals surface area contributed by atoms with Gasteiger partial charge in [0.05, 0.1) is 0 Å². The van der Waals surface area contributed by atoms with Gasteiger partial charge in [-0.05, 0) is 44.2 Å². The summed E-state index contributed by atoms with van der Waals surface area (Å²) in [5, 5.41) is 2.88. The van der Waals surface area contributed by atoms with Crippen LogP contribution >= 0.6 is 0 Å². The highest BCUT2D eigenvalue weighted by molar-refractivity contribution is 5.91. The van der Waals surface area contributed by atoms with E-state index >= 15 is 0 Å². The Bertz CT molecular complexity index is 635. The van der Waals surface area contributed by atoms with Crippen molar-refractivity contribution in [3.8, 4) is 0 Å². The van der Waals surface area contributed by atoms with Gasteiger partial charge in [-0.15, -0.1) is 0 Å². The SMILES string of the molecule is CC(=O)N(CCNC(=O)C1CCCO1)c1ccc(N2CCN(C)CC2)cc1. The van der Waals surface area contributed by atoms with Gasteiger partial charge in [0.25, 0.3) is 0 Å². The van der Waals surface area contributed by atoms with Gasteiger partial charge in [0.15, 0.2) is 0 Å². The first-order chi connectivity index (χ1) is 13.0. The van der Waals surface area contributed by atoms with E-state index < -0.39 is 0 Å². The van der Waals surface area contributed by atoms with Crippen LogP contribution in [0.2, 0.25) is 0 Å². The normalized spacial score (nSPS) is 20.5. The molecule has 0 bridgehead atoms. The molecule has 0 radical (unpaired) electrons. The number of amides is 2. The molecule has 2 aliphatic heterocycles. The van der Waals surface area contributed by atoms with Gasteiger partial charge in [0.2, 0.25) is 11.8 Å². The molecule has 27 heavy (non-hydrogen) atoms. The summed E-state index contributed by atoms with van der Waals surface area (Å²) >= 11 is 0. The average molecular weight is 374 g/mol. The fraction of sp³-hybridized carbons (Fsp3) is 0.600. The summed E-state index contributed by atoms with van der Waals surface area (Å²) in [7, 11) is 2.14. The van der Waals surface area contributed by atoms with E-state index in [4.69, 9.17) is 4.74 Å². The zero-order valence-corrected chi connectivity index (χ0v) is 16.3. The number of nitrogens with zero attached hydrogens (tertiary/aromatic N) is 3. The molecule has 1 atom stereocenters. The Kier molecular flexibility index (Phi) is 6.68. The molecule has 2 fully saturated rings. The van der Waals surface area contributed by atoms with Crippen molar-refractivity contribution in [2.24, 2.45) is 0 Å². The third-order valence-electron chi connectivity index (χ3n) is 5.27. The van der Waals surface area contributed by atoms with E-state index in [0.717, 1.165) is 44.7 Å². The van der Waals surface area contributed by atoms with Crippen LogP contribution < -0.4 is 15.1 Å². The number of rotatable bonds is 6. The lowest BCUT2D eigenvalue weighted by Gasteiger charge is -2.34.